The summed E-state index contributed by atoms with van der Waals surface area (Å²) in [6.45, 7) is 1.08. The van der Waals surface area contributed by atoms with Crippen LogP contribution >= 0.6 is 129 Å². The van der Waals surface area contributed by atoms with Crippen LogP contribution in [0.1, 0.15) is 0 Å². The number of aliphatic hydroxyl groups is 2. The fraction of sp³-hybridized carbons (Fsp3) is 0.833. The Kier molecular flexibility index (Phi) is 46.4. The molecule has 2 amide bonds. The molecule has 0 bridgehead atoms. The Labute approximate surface area is 336 Å². The maximum Gasteiger partial charge on any atom is 0.408 e. The fourth-order valence-corrected chi connectivity index (χ4v) is 11.5. The average molecular weight is 903 g/mol. The lowest BCUT2D eigenvalue weighted by Gasteiger charge is -2.06. The number of aliphatic imine (C=N–C) groups is 2. The zero-order valence-electron chi connectivity index (χ0n) is 26.8. The first-order valence-electron chi connectivity index (χ1n) is 14.1. The van der Waals surface area contributed by atoms with Gasteiger partial charge < -0.3 is 40.1 Å². The second kappa shape index (κ2) is 45.3. The van der Waals surface area contributed by atoms with Crippen LogP contribution in [-0.4, -0.2) is 151 Å². The van der Waals surface area contributed by atoms with E-state index in [9.17, 15) is 9.59 Å². The maximum absolute atomic E-state index is 11.7. The average Bonchev–Trinajstić information content (AvgIpc) is 3.10. The van der Waals surface area contributed by atoms with Crippen LogP contribution in [0, 0.1) is 0 Å². The number of alkyl carbamates (subject to hydrolysis) is 2. The summed E-state index contributed by atoms with van der Waals surface area (Å²) in [6, 6.07) is 0. The number of thioether (sulfide) groups is 11. The Balaban J connectivity index is 3.26. The Bertz CT molecular complexity index is 793. The summed E-state index contributed by atoms with van der Waals surface area (Å²) in [5, 5.41) is 27.8. The molecule has 0 atom stereocenters. The van der Waals surface area contributed by atoms with E-state index in [1.165, 1.54) is 24.6 Å². The number of aliphatic hydroxyl groups excluding tert-OH is 2. The third kappa shape index (κ3) is 45.3. The Morgan fingerprint density at radius 2 is 1.02 bits per heavy atom. The first kappa shape index (κ1) is 50.2. The van der Waals surface area contributed by atoms with E-state index in [4.69, 9.17) is 39.2 Å². The highest BCUT2D eigenvalue weighted by atomic mass is 32.2. The number of ether oxygens (including phenoxy) is 2. The highest BCUT2D eigenvalue weighted by Crippen LogP contribution is 2.19. The lowest BCUT2D eigenvalue weighted by Crippen LogP contribution is -2.24. The van der Waals surface area contributed by atoms with Crippen molar-refractivity contribution in [1.29, 1.82) is 0 Å². The molecule has 0 fully saturated rings. The van der Waals surface area contributed by atoms with Crippen LogP contribution in [-0.2, 0) is 29.0 Å². The van der Waals surface area contributed by atoms with Gasteiger partial charge in [0.1, 0.15) is 25.1 Å². The van der Waals surface area contributed by atoms with Crippen LogP contribution in [0.4, 0.5) is 9.59 Å². The summed E-state index contributed by atoms with van der Waals surface area (Å²) in [5.41, 5.74) is 0. The van der Waals surface area contributed by atoms with Gasteiger partial charge in [0.15, 0.2) is 0 Å². The summed E-state index contributed by atoms with van der Waals surface area (Å²) in [5.74, 6) is 5.59. The first-order valence-corrected chi connectivity index (χ1v) is 26.8. The van der Waals surface area contributed by atoms with Crippen molar-refractivity contribution in [2.75, 3.05) is 115 Å². The number of nitrogens with one attached hydrogen (secondary N) is 2. The smallest absolute Gasteiger partial charge is 0.408 e. The molecule has 0 spiro atoms. The van der Waals surface area contributed by atoms with Crippen molar-refractivity contribution in [2.24, 2.45) is 9.98 Å². The molecular formula is C24H46N4O10S11. The van der Waals surface area contributed by atoms with Gasteiger partial charge in [-0.1, -0.05) is 0 Å². The Hall–Kier alpha value is 1.17. The van der Waals surface area contributed by atoms with Gasteiger partial charge in [-0.25, -0.2) is 19.6 Å². The molecular weight excluding hydrogens is 857 g/mol. The van der Waals surface area contributed by atoms with Crippen LogP contribution < -0.4 is 10.6 Å². The van der Waals surface area contributed by atoms with Crippen molar-refractivity contribution in [3.05, 3.63) is 0 Å². The van der Waals surface area contributed by atoms with E-state index >= 15 is 0 Å². The van der Waals surface area contributed by atoms with Gasteiger partial charge in [-0.15, -0.1) is 106 Å². The van der Waals surface area contributed by atoms with Gasteiger partial charge >= 0.3 is 12.2 Å². The molecule has 25 heteroatoms. The molecule has 14 nitrogen and oxygen atoms in total. The summed E-state index contributed by atoms with van der Waals surface area (Å²) >= 11 is 17.9. The number of nitrogens with zero attached hydrogens (tertiary/aromatic N) is 2. The molecule has 4 N–H and O–H groups in total. The van der Waals surface area contributed by atoms with Gasteiger partial charge in [0.25, 0.3) is 0 Å². The molecule has 0 unspecified atom stereocenters. The molecule has 288 valence electrons. The van der Waals surface area contributed by atoms with Gasteiger partial charge in [-0.05, 0) is 0 Å². The summed E-state index contributed by atoms with van der Waals surface area (Å²) in [7, 11) is 0. The number of amides is 2. The number of carbonyl (C=O) groups is 2. The van der Waals surface area contributed by atoms with E-state index < -0.39 is 12.2 Å². The minimum Gasteiger partial charge on any atom is -0.449 e. The summed E-state index contributed by atoms with van der Waals surface area (Å²) < 4.78 is 10.2. The molecule has 0 radical (unpaired) electrons. The van der Waals surface area contributed by atoms with E-state index in [0.717, 1.165) is 36.3 Å². The van der Waals surface area contributed by atoms with Crippen LogP contribution in [0.5, 0.6) is 0 Å². The number of hydrogen-bond acceptors (Lipinski definition) is 23. The second-order valence-electron chi connectivity index (χ2n) is 7.63. The molecule has 0 aromatic rings. The monoisotopic (exact) mass is 902 g/mol. The molecule has 0 aromatic carbocycles. The van der Waals surface area contributed by atoms with Crippen LogP contribution in [0.25, 0.3) is 0 Å². The summed E-state index contributed by atoms with van der Waals surface area (Å²) in [4.78, 5) is 51.2. The zero-order valence-corrected chi connectivity index (χ0v) is 35.8. The zero-order chi connectivity index (χ0) is 35.6. The van der Waals surface area contributed by atoms with Gasteiger partial charge in [0.2, 0.25) is 12.8 Å². The van der Waals surface area contributed by atoms with Gasteiger partial charge in [-0.2, -0.15) is 33.3 Å². The Morgan fingerprint density at radius 3 is 1.61 bits per heavy atom. The van der Waals surface area contributed by atoms with Crippen molar-refractivity contribution >= 4 is 154 Å². The van der Waals surface area contributed by atoms with E-state index in [-0.39, 0.29) is 13.2 Å². The third-order valence-electron chi connectivity index (χ3n) is 3.99. The molecule has 0 aliphatic carbocycles. The minimum atomic E-state index is -0.420. The van der Waals surface area contributed by atoms with Crippen LogP contribution in [0.2, 0.25) is 0 Å². The van der Waals surface area contributed by atoms with Crippen molar-refractivity contribution in [3.8, 4) is 0 Å². The molecule has 0 rings (SSSR count). The van der Waals surface area contributed by atoms with Crippen molar-refractivity contribution in [1.82, 2.24) is 10.6 Å². The Morgan fingerprint density at radius 1 is 0.531 bits per heavy atom. The van der Waals surface area contributed by atoms with Crippen molar-refractivity contribution < 1.29 is 48.8 Å². The third-order valence-corrected chi connectivity index (χ3v) is 15.7. The number of carbonyl (C=O) groups excluding carboxylic acids is 2. The predicted octanol–water partition coefficient (Wildman–Crippen LogP) is 5.93. The molecule has 0 saturated heterocycles. The highest BCUT2D eigenvalue weighted by molar-refractivity contribution is 8.23. The van der Waals surface area contributed by atoms with Gasteiger partial charge in [0, 0.05) is 53.5 Å². The van der Waals surface area contributed by atoms with Gasteiger partial charge in [-0.3, -0.25) is 0 Å². The SMILES string of the molecule is O=C(NCSCSCSCN=COOCSCSCSCOC(=O)NCSCSCSCN=COOCCSCCO)OCCSCCO. The topological polar surface area (TPSA) is 179 Å². The van der Waals surface area contributed by atoms with Gasteiger partial charge in [0.05, 0.1) is 36.7 Å². The molecule has 0 aromatic heterocycles. The van der Waals surface area contributed by atoms with Crippen LogP contribution in [0.3, 0.4) is 0 Å². The van der Waals surface area contributed by atoms with E-state index in [1.54, 1.807) is 118 Å². The standard InChI is InChI=1S/C24H46N4O10S11/c29-1-5-39-7-3-33-23(31)27-13-43-19-47-18-42-12-26-10-37-38-16-46-22-49-21-45-15-34-24(32)28-14-44-20-48-17-41-11-25-9-36-35-4-8-40-6-2-30/h9-10,29-30H,1-8,11-22H2,(H,27,31)(H,28,32). The lowest BCUT2D eigenvalue weighted by molar-refractivity contribution is -0.210. The quantitative estimate of drug-likeness (QED) is 0.0143. The molecule has 49 heavy (non-hydrogen) atoms. The first-order chi connectivity index (χ1) is 24.2. The number of hydrogen-bond donors (Lipinski definition) is 4. The maximum atomic E-state index is 11.7. The summed E-state index contributed by atoms with van der Waals surface area (Å²) in [6.07, 6.45) is 1.75. The highest BCUT2D eigenvalue weighted by Gasteiger charge is 2.02. The molecule has 0 saturated carbocycles. The molecule has 0 aliphatic rings. The normalized spacial score (nSPS) is 11.3. The lowest BCUT2D eigenvalue weighted by atomic mass is 10.8. The van der Waals surface area contributed by atoms with Crippen molar-refractivity contribution in [2.45, 2.75) is 0 Å². The largest absolute Gasteiger partial charge is 0.449 e. The molecule has 0 heterocycles. The minimum absolute atomic E-state index is 0.131. The van der Waals surface area contributed by atoms with Crippen molar-refractivity contribution in [3.63, 3.8) is 0 Å². The van der Waals surface area contributed by atoms with E-state index in [0.29, 0.717) is 65.9 Å². The fourth-order valence-electron chi connectivity index (χ4n) is 2.12. The number of rotatable bonds is 38. The second-order valence-corrected chi connectivity index (χ2v) is 21.0. The predicted molar refractivity (Wildman–Crippen MR) is 226 cm³/mol. The van der Waals surface area contributed by atoms with E-state index in [2.05, 4.69) is 20.6 Å². The van der Waals surface area contributed by atoms with Crippen LogP contribution in [0.15, 0.2) is 9.98 Å². The molecule has 0 aliphatic heterocycles. The van der Waals surface area contributed by atoms with E-state index in [1.807, 2.05) is 0 Å².